The molecule has 1 saturated heterocycles. The van der Waals surface area contributed by atoms with Crippen molar-refractivity contribution in [3.05, 3.63) is 64.5 Å². The Labute approximate surface area is 193 Å². The SMILES string of the molecule is Cc1csc(NC(=O)C2CCN(C(=O)c3cc(-c4cccs4)nc4ccccc34)CC2)n1. The molecular formula is C24H22N4O2S2. The van der Waals surface area contributed by atoms with Gasteiger partial charge in [-0.05, 0) is 43.3 Å². The Morgan fingerprint density at radius 2 is 1.88 bits per heavy atom. The highest BCUT2D eigenvalue weighted by molar-refractivity contribution is 7.14. The number of pyridine rings is 1. The van der Waals surface area contributed by atoms with Crippen LogP contribution in [-0.4, -0.2) is 39.8 Å². The number of fused-ring (bicyclic) bond motifs is 1. The maximum Gasteiger partial charge on any atom is 0.254 e. The van der Waals surface area contributed by atoms with Gasteiger partial charge in [0, 0.05) is 29.8 Å². The van der Waals surface area contributed by atoms with Crippen LogP contribution in [0.4, 0.5) is 5.13 Å². The van der Waals surface area contributed by atoms with Crippen molar-refractivity contribution in [3.8, 4) is 10.6 Å². The van der Waals surface area contributed by atoms with Crippen molar-refractivity contribution in [2.45, 2.75) is 19.8 Å². The maximum atomic E-state index is 13.5. The minimum Gasteiger partial charge on any atom is -0.339 e. The van der Waals surface area contributed by atoms with E-state index in [2.05, 4.69) is 10.3 Å². The van der Waals surface area contributed by atoms with E-state index in [1.54, 1.807) is 11.3 Å². The van der Waals surface area contributed by atoms with Crippen LogP contribution in [0.1, 0.15) is 28.9 Å². The number of hydrogen-bond acceptors (Lipinski definition) is 6. The van der Waals surface area contributed by atoms with Gasteiger partial charge in [0.2, 0.25) is 5.91 Å². The number of carbonyl (C=O) groups excluding carboxylic acids is 2. The molecule has 6 nitrogen and oxygen atoms in total. The van der Waals surface area contributed by atoms with Gasteiger partial charge in [-0.25, -0.2) is 9.97 Å². The Kier molecular flexibility index (Phi) is 5.71. The summed E-state index contributed by atoms with van der Waals surface area (Å²) >= 11 is 3.04. The van der Waals surface area contributed by atoms with Crippen LogP contribution in [-0.2, 0) is 4.79 Å². The summed E-state index contributed by atoms with van der Waals surface area (Å²) in [6.07, 6.45) is 1.28. The van der Waals surface area contributed by atoms with Gasteiger partial charge in [0.15, 0.2) is 5.13 Å². The zero-order chi connectivity index (χ0) is 22.1. The number of rotatable bonds is 4. The lowest BCUT2D eigenvalue weighted by atomic mass is 9.95. The summed E-state index contributed by atoms with van der Waals surface area (Å²) in [6, 6.07) is 13.7. The molecule has 0 aliphatic carbocycles. The third-order valence-electron chi connectivity index (χ3n) is 5.72. The second-order valence-electron chi connectivity index (χ2n) is 7.90. The van der Waals surface area contributed by atoms with Gasteiger partial charge in [-0.1, -0.05) is 24.3 Å². The van der Waals surface area contributed by atoms with Gasteiger partial charge in [0.1, 0.15) is 0 Å². The molecule has 2 amide bonds. The summed E-state index contributed by atoms with van der Waals surface area (Å²) in [4.78, 5) is 38.1. The first kappa shape index (κ1) is 20.8. The molecule has 1 fully saturated rings. The number of likely N-dealkylation sites (tertiary alicyclic amines) is 1. The number of aryl methyl sites for hydroxylation is 1. The van der Waals surface area contributed by atoms with Crippen molar-refractivity contribution >= 4 is 50.5 Å². The summed E-state index contributed by atoms with van der Waals surface area (Å²) in [6.45, 7) is 3.01. The normalized spacial score (nSPS) is 14.6. The molecule has 1 N–H and O–H groups in total. The first-order valence-corrected chi connectivity index (χ1v) is 12.3. The topological polar surface area (TPSA) is 75.2 Å². The Morgan fingerprint density at radius 1 is 1.06 bits per heavy atom. The second-order valence-corrected chi connectivity index (χ2v) is 9.71. The molecule has 1 aliphatic rings. The Bertz CT molecular complexity index is 1270. The Hall–Kier alpha value is -3.10. The monoisotopic (exact) mass is 462 g/mol. The lowest BCUT2D eigenvalue weighted by Crippen LogP contribution is -2.41. The molecule has 5 rings (SSSR count). The zero-order valence-electron chi connectivity index (χ0n) is 17.6. The van der Waals surface area contributed by atoms with Gasteiger partial charge >= 0.3 is 0 Å². The molecule has 0 bridgehead atoms. The fraction of sp³-hybridized carbons (Fsp3) is 0.250. The lowest BCUT2D eigenvalue weighted by molar-refractivity contribution is -0.121. The third-order valence-corrected chi connectivity index (χ3v) is 7.49. The van der Waals surface area contributed by atoms with Crippen LogP contribution in [0.3, 0.4) is 0 Å². The molecule has 1 aliphatic heterocycles. The summed E-state index contributed by atoms with van der Waals surface area (Å²) in [7, 11) is 0. The Balaban J connectivity index is 1.33. The quantitative estimate of drug-likeness (QED) is 0.451. The van der Waals surface area contributed by atoms with Crippen LogP contribution in [0, 0.1) is 12.8 Å². The number of nitrogens with zero attached hydrogens (tertiary/aromatic N) is 3. The van der Waals surface area contributed by atoms with Crippen molar-refractivity contribution < 1.29 is 9.59 Å². The van der Waals surface area contributed by atoms with E-state index >= 15 is 0 Å². The van der Waals surface area contributed by atoms with E-state index in [9.17, 15) is 9.59 Å². The molecular weight excluding hydrogens is 440 g/mol. The van der Waals surface area contributed by atoms with E-state index < -0.39 is 0 Å². The fourth-order valence-corrected chi connectivity index (χ4v) is 5.41. The molecule has 32 heavy (non-hydrogen) atoms. The van der Waals surface area contributed by atoms with Crippen molar-refractivity contribution in [1.29, 1.82) is 0 Å². The number of amides is 2. The largest absolute Gasteiger partial charge is 0.339 e. The number of piperidine rings is 1. The second kappa shape index (κ2) is 8.80. The predicted molar refractivity (Wildman–Crippen MR) is 129 cm³/mol. The van der Waals surface area contributed by atoms with E-state index in [4.69, 9.17) is 4.98 Å². The molecule has 1 aromatic carbocycles. The molecule has 8 heteroatoms. The number of carbonyl (C=O) groups is 2. The average Bonchev–Trinajstić information content (AvgIpc) is 3.50. The summed E-state index contributed by atoms with van der Waals surface area (Å²) in [5.74, 6) is -0.129. The minimum absolute atomic E-state index is 0.00388. The molecule has 0 unspecified atom stereocenters. The van der Waals surface area contributed by atoms with E-state index in [-0.39, 0.29) is 17.7 Å². The van der Waals surface area contributed by atoms with E-state index in [0.717, 1.165) is 27.2 Å². The maximum absolute atomic E-state index is 13.5. The van der Waals surface area contributed by atoms with Crippen LogP contribution < -0.4 is 5.32 Å². The summed E-state index contributed by atoms with van der Waals surface area (Å²) in [5, 5.41) is 8.33. The van der Waals surface area contributed by atoms with Crippen molar-refractivity contribution in [2.75, 3.05) is 18.4 Å². The number of hydrogen-bond donors (Lipinski definition) is 1. The number of thiazole rings is 1. The molecule has 0 saturated carbocycles. The van der Waals surface area contributed by atoms with Gasteiger partial charge in [-0.15, -0.1) is 22.7 Å². The summed E-state index contributed by atoms with van der Waals surface area (Å²) < 4.78 is 0. The fourth-order valence-electron chi connectivity index (χ4n) is 4.04. The lowest BCUT2D eigenvalue weighted by Gasteiger charge is -2.31. The van der Waals surface area contributed by atoms with Gasteiger partial charge in [0.05, 0.1) is 27.3 Å². The number of thiophene rings is 1. The molecule has 0 spiro atoms. The molecule has 0 radical (unpaired) electrons. The van der Waals surface area contributed by atoms with Crippen LogP contribution in [0.25, 0.3) is 21.5 Å². The minimum atomic E-state index is -0.112. The van der Waals surface area contributed by atoms with E-state index in [0.29, 0.717) is 36.6 Å². The molecule has 162 valence electrons. The number of aromatic nitrogens is 2. The van der Waals surface area contributed by atoms with Crippen LogP contribution in [0.2, 0.25) is 0 Å². The highest BCUT2D eigenvalue weighted by atomic mass is 32.1. The zero-order valence-corrected chi connectivity index (χ0v) is 19.2. The van der Waals surface area contributed by atoms with E-state index in [1.807, 2.05) is 65.0 Å². The molecule has 4 heterocycles. The van der Waals surface area contributed by atoms with Gasteiger partial charge in [0.25, 0.3) is 5.91 Å². The van der Waals surface area contributed by atoms with Gasteiger partial charge in [-0.3, -0.25) is 9.59 Å². The van der Waals surface area contributed by atoms with Gasteiger partial charge in [-0.2, -0.15) is 0 Å². The van der Waals surface area contributed by atoms with E-state index in [1.165, 1.54) is 11.3 Å². The van der Waals surface area contributed by atoms with Crippen LogP contribution >= 0.6 is 22.7 Å². The smallest absolute Gasteiger partial charge is 0.254 e. The number of nitrogens with one attached hydrogen (secondary N) is 1. The first-order chi connectivity index (χ1) is 15.6. The van der Waals surface area contributed by atoms with Crippen molar-refractivity contribution in [2.24, 2.45) is 5.92 Å². The first-order valence-electron chi connectivity index (χ1n) is 10.5. The highest BCUT2D eigenvalue weighted by Gasteiger charge is 2.29. The summed E-state index contributed by atoms with van der Waals surface area (Å²) in [5.41, 5.74) is 3.20. The van der Waals surface area contributed by atoms with Crippen LogP contribution in [0.5, 0.6) is 0 Å². The van der Waals surface area contributed by atoms with Crippen LogP contribution in [0.15, 0.2) is 53.2 Å². The van der Waals surface area contributed by atoms with Crippen molar-refractivity contribution in [3.63, 3.8) is 0 Å². The predicted octanol–water partition coefficient (Wildman–Crippen LogP) is 5.22. The number of benzene rings is 1. The number of anilines is 1. The molecule has 0 atom stereocenters. The highest BCUT2D eigenvalue weighted by Crippen LogP contribution is 2.30. The average molecular weight is 463 g/mol. The Morgan fingerprint density at radius 3 is 2.59 bits per heavy atom. The van der Waals surface area contributed by atoms with Gasteiger partial charge < -0.3 is 10.2 Å². The standard InChI is InChI=1S/C24H22N4O2S2/c1-15-14-32-24(25-15)27-22(29)16-8-10-28(11-9-16)23(30)18-13-20(21-7-4-12-31-21)26-19-6-3-2-5-17(18)19/h2-7,12-14,16H,8-11H2,1H3,(H,25,27,29). The molecule has 4 aromatic rings. The number of para-hydroxylation sites is 1. The van der Waals surface area contributed by atoms with Crippen molar-refractivity contribution in [1.82, 2.24) is 14.9 Å². The molecule has 3 aromatic heterocycles. The third kappa shape index (κ3) is 4.16.